The first-order valence-electron chi connectivity index (χ1n) is 11.1. The van der Waals surface area contributed by atoms with Crippen molar-refractivity contribution < 1.29 is 19.1 Å². The van der Waals surface area contributed by atoms with Crippen molar-refractivity contribution in [2.75, 3.05) is 11.5 Å². The van der Waals surface area contributed by atoms with E-state index in [1.54, 1.807) is 31.2 Å². The maximum atomic E-state index is 14.3. The summed E-state index contributed by atoms with van der Waals surface area (Å²) in [5.74, 6) is -2.23. The van der Waals surface area contributed by atoms with Crippen molar-refractivity contribution in [2.45, 2.75) is 24.4 Å². The number of fused-ring (bicyclic) bond motifs is 1. The van der Waals surface area contributed by atoms with E-state index in [4.69, 9.17) is 4.74 Å². The molecule has 5 rings (SSSR count). The van der Waals surface area contributed by atoms with Crippen LogP contribution in [-0.4, -0.2) is 30.4 Å². The monoisotopic (exact) mass is 440 g/mol. The summed E-state index contributed by atoms with van der Waals surface area (Å²) in [7, 11) is 0. The zero-order valence-electron chi connectivity index (χ0n) is 18.2. The Kier molecular flexibility index (Phi) is 5.30. The van der Waals surface area contributed by atoms with Crippen molar-refractivity contribution in [2.24, 2.45) is 5.92 Å². The normalized spacial score (nSPS) is 26.3. The summed E-state index contributed by atoms with van der Waals surface area (Å²) in [6.45, 7) is 1.91. The van der Waals surface area contributed by atoms with Crippen LogP contribution in [-0.2, 0) is 24.5 Å². The molecule has 3 aromatic rings. The van der Waals surface area contributed by atoms with Gasteiger partial charge in [0.25, 0.3) is 0 Å². The van der Waals surface area contributed by atoms with E-state index in [1.165, 1.54) is 4.90 Å². The first kappa shape index (κ1) is 21.1. The maximum Gasteiger partial charge on any atom is 0.324 e. The first-order valence-corrected chi connectivity index (χ1v) is 11.1. The van der Waals surface area contributed by atoms with E-state index in [1.807, 2.05) is 66.7 Å². The van der Waals surface area contributed by atoms with Crippen LogP contribution < -0.4 is 10.2 Å². The molecule has 0 radical (unpaired) electrons. The van der Waals surface area contributed by atoms with Gasteiger partial charge in [-0.15, -0.1) is 0 Å². The number of amides is 2. The van der Waals surface area contributed by atoms with Crippen LogP contribution in [0.3, 0.4) is 0 Å². The number of carbonyl (C=O) groups is 3. The highest BCUT2D eigenvalue weighted by atomic mass is 16.5. The second-order valence-corrected chi connectivity index (χ2v) is 8.27. The minimum Gasteiger partial charge on any atom is -0.465 e. The zero-order valence-corrected chi connectivity index (χ0v) is 18.2. The van der Waals surface area contributed by atoms with Crippen molar-refractivity contribution in [3.63, 3.8) is 0 Å². The van der Waals surface area contributed by atoms with Crippen LogP contribution in [0.1, 0.15) is 24.1 Å². The second kappa shape index (κ2) is 8.30. The van der Waals surface area contributed by atoms with Crippen molar-refractivity contribution in [1.29, 1.82) is 0 Å². The van der Waals surface area contributed by atoms with Gasteiger partial charge in [0.15, 0.2) is 0 Å². The van der Waals surface area contributed by atoms with Crippen LogP contribution in [0, 0.1) is 5.92 Å². The smallest absolute Gasteiger partial charge is 0.324 e. The van der Waals surface area contributed by atoms with Gasteiger partial charge in [-0.25, -0.2) is 4.90 Å². The number of benzene rings is 3. The van der Waals surface area contributed by atoms with E-state index in [-0.39, 0.29) is 12.5 Å². The van der Waals surface area contributed by atoms with Gasteiger partial charge >= 0.3 is 5.97 Å². The lowest BCUT2D eigenvalue weighted by Crippen LogP contribution is -2.45. The third kappa shape index (κ3) is 3.09. The molecule has 33 heavy (non-hydrogen) atoms. The number of anilines is 1. The molecule has 2 fully saturated rings. The minimum atomic E-state index is -1.30. The van der Waals surface area contributed by atoms with Gasteiger partial charge in [0.1, 0.15) is 11.5 Å². The number of hydrogen-bond acceptors (Lipinski definition) is 5. The molecule has 0 aliphatic carbocycles. The fourth-order valence-electron chi connectivity index (χ4n) is 5.31. The molecule has 3 aromatic carbocycles. The van der Waals surface area contributed by atoms with Crippen LogP contribution in [0.25, 0.3) is 0 Å². The van der Waals surface area contributed by atoms with Gasteiger partial charge < -0.3 is 4.74 Å². The Balaban J connectivity index is 1.77. The van der Waals surface area contributed by atoms with E-state index in [2.05, 4.69) is 5.32 Å². The average Bonchev–Trinajstić information content (AvgIpc) is 3.33. The molecule has 2 heterocycles. The summed E-state index contributed by atoms with van der Waals surface area (Å²) < 4.78 is 5.34. The zero-order chi connectivity index (χ0) is 23.0. The number of nitrogens with zero attached hydrogens (tertiary/aromatic N) is 1. The van der Waals surface area contributed by atoms with Crippen LogP contribution in [0.15, 0.2) is 91.0 Å². The Hall–Kier alpha value is -3.77. The third-order valence-corrected chi connectivity index (χ3v) is 6.61. The Bertz CT molecular complexity index is 1180. The number of carbonyl (C=O) groups excluding carboxylic acids is 3. The van der Waals surface area contributed by atoms with Gasteiger partial charge in [0.05, 0.1) is 24.3 Å². The van der Waals surface area contributed by atoms with E-state index >= 15 is 0 Å². The molecular formula is C27H24N2O4. The highest BCUT2D eigenvalue weighted by Gasteiger charge is 2.72. The Labute approximate surface area is 192 Å². The molecule has 0 spiro atoms. The standard InChI is InChI=1S/C27H24N2O4/c1-2-33-25(31)22-21-24(30)29(20-16-10-5-11-17-20)26(32)27(21,19-14-8-4-9-15-19)23(28-22)18-12-6-3-7-13-18/h3-17,21-23,28H,2H2,1H3/t21-,22+,23+,27+/m0/s1. The van der Waals surface area contributed by atoms with Crippen LogP contribution in [0.5, 0.6) is 0 Å². The fourth-order valence-corrected chi connectivity index (χ4v) is 5.31. The summed E-state index contributed by atoms with van der Waals surface area (Å²) >= 11 is 0. The molecule has 0 aromatic heterocycles. The van der Waals surface area contributed by atoms with Crippen LogP contribution in [0.4, 0.5) is 5.69 Å². The van der Waals surface area contributed by atoms with Crippen molar-refractivity contribution in [1.82, 2.24) is 5.32 Å². The molecule has 4 atom stereocenters. The molecule has 1 N–H and O–H groups in total. The lowest BCUT2D eigenvalue weighted by molar-refractivity contribution is -0.148. The van der Waals surface area contributed by atoms with Crippen molar-refractivity contribution in [3.05, 3.63) is 102 Å². The molecule has 166 valence electrons. The van der Waals surface area contributed by atoms with Gasteiger partial charge in [-0.05, 0) is 30.2 Å². The van der Waals surface area contributed by atoms with Crippen LogP contribution in [0.2, 0.25) is 0 Å². The Morgan fingerprint density at radius 3 is 2.09 bits per heavy atom. The molecule has 2 aliphatic heterocycles. The highest BCUT2D eigenvalue weighted by Crippen LogP contribution is 2.56. The van der Waals surface area contributed by atoms with E-state index < -0.39 is 35.3 Å². The number of hydrogen-bond donors (Lipinski definition) is 1. The molecule has 2 saturated heterocycles. The lowest BCUT2D eigenvalue weighted by Gasteiger charge is -2.33. The quantitative estimate of drug-likeness (QED) is 0.486. The van der Waals surface area contributed by atoms with Gasteiger partial charge in [0, 0.05) is 0 Å². The first-order chi connectivity index (χ1) is 16.1. The number of para-hydroxylation sites is 1. The molecule has 6 nitrogen and oxygen atoms in total. The summed E-state index contributed by atoms with van der Waals surface area (Å²) in [5, 5.41) is 3.32. The van der Waals surface area contributed by atoms with Gasteiger partial charge in [-0.3, -0.25) is 19.7 Å². The van der Waals surface area contributed by atoms with Crippen LogP contribution >= 0.6 is 0 Å². The van der Waals surface area contributed by atoms with Crippen molar-refractivity contribution >= 4 is 23.5 Å². The topological polar surface area (TPSA) is 75.7 Å². The average molecular weight is 440 g/mol. The Morgan fingerprint density at radius 1 is 0.909 bits per heavy atom. The van der Waals surface area contributed by atoms with Gasteiger partial charge in [0.2, 0.25) is 11.8 Å². The SMILES string of the molecule is CCOC(=O)[C@@H]1N[C@H](c2ccccc2)[C@]2(c3ccccc3)C(=O)N(c3ccccc3)C(=O)[C@H]12. The third-order valence-electron chi connectivity index (χ3n) is 6.61. The van der Waals surface area contributed by atoms with E-state index in [0.29, 0.717) is 11.3 Å². The largest absolute Gasteiger partial charge is 0.465 e. The fraction of sp³-hybridized carbons (Fsp3) is 0.222. The molecule has 0 bridgehead atoms. The summed E-state index contributed by atoms with van der Waals surface area (Å²) in [6, 6.07) is 26.1. The number of esters is 1. The molecular weight excluding hydrogens is 416 g/mol. The molecule has 0 unspecified atom stereocenters. The van der Waals surface area contributed by atoms with Gasteiger partial charge in [-0.2, -0.15) is 0 Å². The predicted octanol–water partition coefficient (Wildman–Crippen LogP) is 3.39. The van der Waals surface area contributed by atoms with Crippen molar-refractivity contribution in [3.8, 4) is 0 Å². The lowest BCUT2D eigenvalue weighted by atomic mass is 9.66. The predicted molar refractivity (Wildman–Crippen MR) is 123 cm³/mol. The second-order valence-electron chi connectivity index (χ2n) is 8.27. The molecule has 2 aliphatic rings. The highest BCUT2D eigenvalue weighted by molar-refractivity contribution is 6.27. The molecule has 2 amide bonds. The van der Waals surface area contributed by atoms with E-state index in [0.717, 1.165) is 5.56 Å². The summed E-state index contributed by atoms with van der Waals surface area (Å²) in [5.41, 5.74) is 0.716. The number of rotatable bonds is 5. The number of nitrogens with one attached hydrogen (secondary N) is 1. The summed E-state index contributed by atoms with van der Waals surface area (Å²) in [4.78, 5) is 42.6. The number of imide groups is 1. The summed E-state index contributed by atoms with van der Waals surface area (Å²) in [6.07, 6.45) is 0. The molecule has 6 heteroatoms. The Morgan fingerprint density at radius 2 is 1.48 bits per heavy atom. The van der Waals surface area contributed by atoms with Gasteiger partial charge in [-0.1, -0.05) is 78.9 Å². The minimum absolute atomic E-state index is 0.183. The van der Waals surface area contributed by atoms with E-state index in [9.17, 15) is 14.4 Å². The maximum absolute atomic E-state index is 14.3. The molecule has 0 saturated carbocycles. The number of ether oxygens (including phenoxy) is 1.